The molecule has 2 aromatic carbocycles. The number of hydrogen-bond donors (Lipinski definition) is 0. The fourth-order valence-corrected chi connectivity index (χ4v) is 4.52. The Morgan fingerprint density at radius 2 is 1.73 bits per heavy atom. The molecule has 0 N–H and O–H groups in total. The minimum atomic E-state index is 0.593. The van der Waals surface area contributed by atoms with Crippen LogP contribution in [-0.2, 0) is 13.0 Å². The van der Waals surface area contributed by atoms with E-state index in [1.54, 1.807) is 0 Å². The van der Waals surface area contributed by atoms with Gasteiger partial charge >= 0.3 is 0 Å². The molecule has 6 heteroatoms. The van der Waals surface area contributed by atoms with Gasteiger partial charge in [-0.15, -0.1) is 0 Å². The number of piperidine rings is 1. The van der Waals surface area contributed by atoms with Gasteiger partial charge in [0.1, 0.15) is 0 Å². The van der Waals surface area contributed by atoms with Crippen LogP contribution in [0.25, 0.3) is 22.4 Å². The molecule has 1 aliphatic heterocycles. The van der Waals surface area contributed by atoms with E-state index in [1.807, 2.05) is 12.1 Å². The van der Waals surface area contributed by atoms with Crippen LogP contribution in [0.4, 0.5) is 0 Å². The summed E-state index contributed by atoms with van der Waals surface area (Å²) >= 11 is 3.47. The lowest BCUT2D eigenvalue weighted by Crippen LogP contribution is -2.32. The van der Waals surface area contributed by atoms with Gasteiger partial charge in [0.15, 0.2) is 5.82 Å². The first kappa shape index (κ1) is 19.5. The minimum absolute atomic E-state index is 0.593. The molecule has 4 aromatic rings. The van der Waals surface area contributed by atoms with Crippen LogP contribution in [0.15, 0.2) is 63.7 Å². The van der Waals surface area contributed by atoms with E-state index in [4.69, 9.17) is 9.51 Å². The van der Waals surface area contributed by atoms with E-state index in [0.717, 1.165) is 34.1 Å². The van der Waals surface area contributed by atoms with E-state index < -0.39 is 0 Å². The minimum Gasteiger partial charge on any atom is -0.345 e. The smallest absolute Gasteiger partial charge is 0.260 e. The lowest BCUT2D eigenvalue weighted by Gasteiger charge is -2.26. The van der Waals surface area contributed by atoms with Crippen LogP contribution >= 0.6 is 15.9 Å². The van der Waals surface area contributed by atoms with Crippen LogP contribution < -0.4 is 0 Å². The highest BCUT2D eigenvalue weighted by Crippen LogP contribution is 2.30. The summed E-state index contributed by atoms with van der Waals surface area (Å²) in [6.07, 6.45) is 6.84. The van der Waals surface area contributed by atoms with Crippen molar-refractivity contribution in [2.75, 3.05) is 19.6 Å². The lowest BCUT2D eigenvalue weighted by atomic mass is 10.1. The second-order valence-corrected chi connectivity index (χ2v) is 8.89. The van der Waals surface area contributed by atoms with Crippen molar-refractivity contribution in [3.05, 3.63) is 70.6 Å². The van der Waals surface area contributed by atoms with Crippen molar-refractivity contribution in [2.45, 2.75) is 32.2 Å². The van der Waals surface area contributed by atoms with E-state index in [1.165, 1.54) is 37.9 Å². The average molecular weight is 465 g/mol. The number of nitrogens with zero attached hydrogens (tertiary/aromatic N) is 4. The number of para-hydroxylation sites is 1. The highest BCUT2D eigenvalue weighted by atomic mass is 79.9. The molecule has 2 aromatic heterocycles. The van der Waals surface area contributed by atoms with Gasteiger partial charge < -0.3 is 14.0 Å². The predicted molar refractivity (Wildman–Crippen MR) is 122 cm³/mol. The summed E-state index contributed by atoms with van der Waals surface area (Å²) in [5.74, 6) is 1.30. The maximum absolute atomic E-state index is 5.67. The number of hydrogen-bond acceptors (Lipinski definition) is 4. The van der Waals surface area contributed by atoms with Crippen molar-refractivity contribution in [1.29, 1.82) is 0 Å². The summed E-state index contributed by atoms with van der Waals surface area (Å²) in [7, 11) is 0. The average Bonchev–Trinajstić information content (AvgIpc) is 3.39. The maximum Gasteiger partial charge on any atom is 0.260 e. The van der Waals surface area contributed by atoms with Crippen molar-refractivity contribution in [3.63, 3.8) is 0 Å². The van der Waals surface area contributed by atoms with Gasteiger partial charge in [-0.1, -0.05) is 57.8 Å². The Morgan fingerprint density at radius 1 is 0.933 bits per heavy atom. The Bertz CT molecular complexity index is 1130. The van der Waals surface area contributed by atoms with Gasteiger partial charge in [0.05, 0.1) is 5.56 Å². The zero-order valence-electron chi connectivity index (χ0n) is 16.9. The quantitative estimate of drug-likeness (QED) is 0.376. The first-order valence-corrected chi connectivity index (χ1v) is 11.4. The Morgan fingerprint density at radius 3 is 2.57 bits per heavy atom. The fraction of sp³-hybridized carbons (Fsp3) is 0.333. The van der Waals surface area contributed by atoms with Gasteiger partial charge in [-0.25, -0.2) is 0 Å². The van der Waals surface area contributed by atoms with Gasteiger partial charge in [0.25, 0.3) is 5.89 Å². The molecule has 5 nitrogen and oxygen atoms in total. The van der Waals surface area contributed by atoms with Crippen LogP contribution in [0, 0.1) is 0 Å². The highest BCUT2D eigenvalue weighted by Gasteiger charge is 2.17. The molecule has 0 radical (unpaired) electrons. The topological polar surface area (TPSA) is 47.1 Å². The third kappa shape index (κ3) is 4.20. The summed E-state index contributed by atoms with van der Waals surface area (Å²) in [4.78, 5) is 7.27. The van der Waals surface area contributed by atoms with E-state index in [-0.39, 0.29) is 0 Å². The number of aromatic nitrogens is 3. The van der Waals surface area contributed by atoms with Crippen molar-refractivity contribution in [1.82, 2.24) is 19.6 Å². The van der Waals surface area contributed by atoms with E-state index in [2.05, 4.69) is 73.1 Å². The molecule has 1 fully saturated rings. The highest BCUT2D eigenvalue weighted by molar-refractivity contribution is 9.10. The Balaban J connectivity index is 1.39. The number of halogens is 1. The Labute approximate surface area is 184 Å². The Kier molecular flexibility index (Phi) is 5.69. The summed E-state index contributed by atoms with van der Waals surface area (Å²) < 4.78 is 9.07. The number of likely N-dealkylation sites (tertiary alicyclic amines) is 1. The molecule has 1 aliphatic rings. The summed E-state index contributed by atoms with van der Waals surface area (Å²) in [6.45, 7) is 4.49. The van der Waals surface area contributed by atoms with Gasteiger partial charge in [-0.2, -0.15) is 4.98 Å². The molecule has 0 spiro atoms. The first-order valence-electron chi connectivity index (χ1n) is 10.6. The zero-order chi connectivity index (χ0) is 20.3. The van der Waals surface area contributed by atoms with Gasteiger partial charge in [0.2, 0.25) is 0 Å². The molecule has 0 atom stereocenters. The van der Waals surface area contributed by atoms with Crippen LogP contribution in [0.2, 0.25) is 0 Å². The summed E-state index contributed by atoms with van der Waals surface area (Å²) in [5, 5.41) is 5.39. The second-order valence-electron chi connectivity index (χ2n) is 7.97. The molecule has 0 saturated carbocycles. The van der Waals surface area contributed by atoms with Crippen LogP contribution in [0.5, 0.6) is 0 Å². The first-order chi connectivity index (χ1) is 14.8. The SMILES string of the molecule is Brc1ccc(Cc2noc(-c3cn(CCN4CCCCC4)c4ccccc34)n2)cc1. The predicted octanol–water partition coefficient (Wildman–Crippen LogP) is 5.53. The summed E-state index contributed by atoms with van der Waals surface area (Å²) in [5.41, 5.74) is 3.39. The van der Waals surface area contributed by atoms with Gasteiger partial charge in [-0.05, 0) is 49.7 Å². The van der Waals surface area contributed by atoms with Crippen LogP contribution in [0.1, 0.15) is 30.7 Å². The van der Waals surface area contributed by atoms with E-state index in [0.29, 0.717) is 18.1 Å². The monoisotopic (exact) mass is 464 g/mol. The lowest BCUT2D eigenvalue weighted by molar-refractivity contribution is 0.221. The van der Waals surface area contributed by atoms with Crippen molar-refractivity contribution in [2.24, 2.45) is 0 Å². The molecule has 5 rings (SSSR count). The molecule has 30 heavy (non-hydrogen) atoms. The van der Waals surface area contributed by atoms with Crippen molar-refractivity contribution >= 4 is 26.8 Å². The van der Waals surface area contributed by atoms with Gasteiger partial charge in [-0.3, -0.25) is 0 Å². The molecular formula is C24H25BrN4O. The van der Waals surface area contributed by atoms with E-state index >= 15 is 0 Å². The van der Waals surface area contributed by atoms with Crippen LogP contribution in [0.3, 0.4) is 0 Å². The molecular weight excluding hydrogens is 440 g/mol. The van der Waals surface area contributed by atoms with Gasteiger partial charge in [0, 0.05) is 41.1 Å². The molecule has 0 unspecified atom stereocenters. The molecule has 0 bridgehead atoms. The summed E-state index contributed by atoms with van der Waals surface area (Å²) in [6, 6.07) is 16.7. The third-order valence-electron chi connectivity index (χ3n) is 5.87. The number of benzene rings is 2. The van der Waals surface area contributed by atoms with Crippen molar-refractivity contribution in [3.8, 4) is 11.5 Å². The van der Waals surface area contributed by atoms with E-state index in [9.17, 15) is 0 Å². The Hall–Kier alpha value is -2.44. The normalized spacial score (nSPS) is 15.1. The molecule has 0 aliphatic carbocycles. The standard InChI is InChI=1S/C24H25BrN4O/c25-19-10-8-18(9-11-19)16-23-26-24(30-27-23)21-17-29(22-7-3-2-6-20(21)22)15-14-28-12-4-1-5-13-28/h2-3,6-11,17H,1,4-5,12-16H2. The number of fused-ring (bicyclic) bond motifs is 1. The van der Waals surface area contributed by atoms with Crippen LogP contribution in [-0.4, -0.2) is 39.2 Å². The molecule has 3 heterocycles. The maximum atomic E-state index is 5.67. The fourth-order valence-electron chi connectivity index (χ4n) is 4.25. The largest absolute Gasteiger partial charge is 0.345 e. The molecule has 0 amide bonds. The molecule has 1 saturated heterocycles. The molecule has 154 valence electrons. The zero-order valence-corrected chi connectivity index (χ0v) is 18.5. The second kappa shape index (κ2) is 8.74. The number of rotatable bonds is 6. The van der Waals surface area contributed by atoms with Crippen molar-refractivity contribution < 1.29 is 4.52 Å². The third-order valence-corrected chi connectivity index (χ3v) is 6.40.